The first-order valence-corrected chi connectivity index (χ1v) is 9.07. The summed E-state index contributed by atoms with van der Waals surface area (Å²) < 4.78 is 10.8. The van der Waals surface area contributed by atoms with Crippen molar-refractivity contribution in [1.29, 1.82) is 0 Å². The Morgan fingerprint density at radius 2 is 1.32 bits per heavy atom. The molecule has 0 saturated carbocycles. The molecule has 0 aliphatic carbocycles. The molecule has 28 heavy (non-hydrogen) atoms. The number of nitroso groups, excluding NO2 is 2. The summed E-state index contributed by atoms with van der Waals surface area (Å²) in [6.07, 6.45) is 0.415. The van der Waals surface area contributed by atoms with E-state index in [9.17, 15) is 14.6 Å². The van der Waals surface area contributed by atoms with Crippen LogP contribution in [-0.2, 0) is 35.6 Å². The number of nitrogens with zero attached hydrogens (tertiary/aromatic N) is 2. The van der Waals surface area contributed by atoms with Gasteiger partial charge < -0.3 is 9.47 Å². The van der Waals surface area contributed by atoms with Gasteiger partial charge in [0.25, 0.3) is 0 Å². The van der Waals surface area contributed by atoms with Gasteiger partial charge in [0.1, 0.15) is 25.3 Å². The molecule has 2 rings (SSSR count). The minimum Gasteiger partial charge on any atom is -0.429 e. The lowest BCUT2D eigenvalue weighted by Crippen LogP contribution is -2.33. The van der Waals surface area contributed by atoms with Crippen LogP contribution >= 0.6 is 0 Å². The first-order valence-electron chi connectivity index (χ1n) is 9.07. The van der Waals surface area contributed by atoms with Crippen LogP contribution in [0.25, 0.3) is 0 Å². The molecule has 1 unspecified atom stereocenters. The van der Waals surface area contributed by atoms with Crippen molar-refractivity contribution in [3.05, 3.63) is 80.6 Å². The van der Waals surface area contributed by atoms with E-state index < -0.39 is 11.8 Å². The number of benzene rings is 2. The summed E-state index contributed by atoms with van der Waals surface area (Å²) in [5.74, 6) is 0. The second kappa shape index (κ2) is 10.3. The van der Waals surface area contributed by atoms with E-state index in [1.165, 1.54) is 0 Å². The molecule has 0 bridgehead atoms. The maximum absolute atomic E-state index is 12.1. The second-order valence-electron chi connectivity index (χ2n) is 6.83. The van der Waals surface area contributed by atoms with E-state index in [1.807, 2.05) is 38.1 Å². The fraction of sp³-hybridized carbons (Fsp3) is 0.381. The highest BCUT2D eigenvalue weighted by atomic mass is 16.7. The van der Waals surface area contributed by atoms with Gasteiger partial charge in [-0.25, -0.2) is 4.79 Å². The number of hydrogen-bond acceptors (Lipinski definition) is 7. The topological polar surface area (TPSA) is 94.4 Å². The summed E-state index contributed by atoms with van der Waals surface area (Å²) in [6.45, 7) is 4.14. The van der Waals surface area contributed by atoms with Crippen LogP contribution in [0.4, 0.5) is 4.79 Å². The molecule has 2 aromatic carbocycles. The molecular weight excluding hydrogens is 360 g/mol. The van der Waals surface area contributed by atoms with Gasteiger partial charge in [-0.1, -0.05) is 65.8 Å². The maximum atomic E-state index is 12.1. The molecule has 0 N–H and O–H groups in total. The number of carbonyl (C=O) groups excluding carboxylic acids is 1. The molecule has 0 spiro atoms. The van der Waals surface area contributed by atoms with Crippen LogP contribution in [0.3, 0.4) is 0 Å². The van der Waals surface area contributed by atoms with Crippen molar-refractivity contribution < 1.29 is 14.3 Å². The normalized spacial score (nSPS) is 12.6. The lowest BCUT2D eigenvalue weighted by molar-refractivity contribution is -0.0307. The van der Waals surface area contributed by atoms with Gasteiger partial charge in [0.15, 0.2) is 0 Å². The van der Waals surface area contributed by atoms with E-state index in [4.69, 9.17) is 9.47 Å². The number of hydrogen-bond donors (Lipinski definition) is 0. The molecular formula is C21H24N2O5. The summed E-state index contributed by atoms with van der Waals surface area (Å²) in [5, 5.41) is 5.70. The van der Waals surface area contributed by atoms with Crippen molar-refractivity contribution in [2.24, 2.45) is 10.4 Å². The van der Waals surface area contributed by atoms with Crippen molar-refractivity contribution in [2.75, 3.05) is 0 Å². The Labute approximate surface area is 164 Å². The first kappa shape index (κ1) is 21.2. The molecule has 2 aromatic rings. The number of rotatable bonds is 10. The van der Waals surface area contributed by atoms with Gasteiger partial charge >= 0.3 is 6.16 Å². The fourth-order valence-corrected chi connectivity index (χ4v) is 2.69. The highest BCUT2D eigenvalue weighted by Gasteiger charge is 2.28. The average molecular weight is 384 g/mol. The minimum absolute atomic E-state index is 0.0841. The van der Waals surface area contributed by atoms with E-state index in [0.29, 0.717) is 12.8 Å². The zero-order chi connectivity index (χ0) is 20.4. The summed E-state index contributed by atoms with van der Waals surface area (Å²) in [4.78, 5) is 32.7. The van der Waals surface area contributed by atoms with Gasteiger partial charge in [-0.05, 0) is 35.6 Å². The van der Waals surface area contributed by atoms with Crippen LogP contribution in [0, 0.1) is 9.81 Å². The Morgan fingerprint density at radius 3 is 1.79 bits per heavy atom. The van der Waals surface area contributed by atoms with E-state index in [-0.39, 0.29) is 19.7 Å². The monoisotopic (exact) mass is 384 g/mol. The van der Waals surface area contributed by atoms with Crippen molar-refractivity contribution in [3.63, 3.8) is 0 Å². The molecule has 0 amide bonds. The molecule has 0 saturated heterocycles. The third-order valence-corrected chi connectivity index (χ3v) is 4.55. The average Bonchev–Trinajstić information content (AvgIpc) is 2.69. The number of ether oxygens (including phenoxy) is 2. The predicted molar refractivity (Wildman–Crippen MR) is 106 cm³/mol. The second-order valence-corrected chi connectivity index (χ2v) is 6.83. The Balaban J connectivity index is 1.89. The quantitative estimate of drug-likeness (QED) is 0.410. The molecule has 0 radical (unpaired) electrons. The zero-order valence-corrected chi connectivity index (χ0v) is 16.1. The molecule has 0 fully saturated rings. The SMILES string of the molecule is CCC(C)(Cc1ccc(CN=O)cc1)OC(=O)OCc1ccc(CN=O)cc1. The van der Waals surface area contributed by atoms with Crippen molar-refractivity contribution in [1.82, 2.24) is 0 Å². The van der Waals surface area contributed by atoms with E-state index >= 15 is 0 Å². The molecule has 0 aliphatic heterocycles. The summed E-state index contributed by atoms with van der Waals surface area (Å²) in [5.41, 5.74) is 2.72. The van der Waals surface area contributed by atoms with Crippen molar-refractivity contribution in [2.45, 2.75) is 52.0 Å². The molecule has 1 atom stereocenters. The van der Waals surface area contributed by atoms with Gasteiger partial charge in [0.05, 0.1) is 0 Å². The molecule has 148 valence electrons. The van der Waals surface area contributed by atoms with Crippen LogP contribution in [0.15, 0.2) is 58.9 Å². The molecule has 0 aromatic heterocycles. The van der Waals surface area contributed by atoms with Gasteiger partial charge in [-0.15, -0.1) is 0 Å². The first-order chi connectivity index (χ1) is 13.5. The fourth-order valence-electron chi connectivity index (χ4n) is 2.69. The van der Waals surface area contributed by atoms with Gasteiger partial charge in [-0.2, -0.15) is 9.81 Å². The maximum Gasteiger partial charge on any atom is 0.509 e. The third kappa shape index (κ3) is 6.57. The molecule has 0 heterocycles. The highest BCUT2D eigenvalue weighted by Crippen LogP contribution is 2.23. The molecule has 0 aliphatic rings. The van der Waals surface area contributed by atoms with E-state index in [2.05, 4.69) is 10.4 Å². The van der Waals surface area contributed by atoms with Crippen LogP contribution in [0.1, 0.15) is 42.5 Å². The highest BCUT2D eigenvalue weighted by molar-refractivity contribution is 5.60. The molecule has 7 nitrogen and oxygen atoms in total. The van der Waals surface area contributed by atoms with Crippen LogP contribution in [-0.4, -0.2) is 11.8 Å². The number of carbonyl (C=O) groups is 1. The van der Waals surface area contributed by atoms with Gasteiger partial charge in [0.2, 0.25) is 0 Å². The van der Waals surface area contributed by atoms with Crippen LogP contribution < -0.4 is 0 Å². The van der Waals surface area contributed by atoms with Crippen LogP contribution in [0.2, 0.25) is 0 Å². The third-order valence-electron chi connectivity index (χ3n) is 4.55. The molecule has 7 heteroatoms. The zero-order valence-electron chi connectivity index (χ0n) is 16.1. The lowest BCUT2D eigenvalue weighted by atomic mass is 9.93. The summed E-state index contributed by atoms with van der Waals surface area (Å²) in [7, 11) is 0. The summed E-state index contributed by atoms with van der Waals surface area (Å²) >= 11 is 0. The largest absolute Gasteiger partial charge is 0.509 e. The van der Waals surface area contributed by atoms with E-state index in [0.717, 1.165) is 22.3 Å². The van der Waals surface area contributed by atoms with Gasteiger partial charge in [-0.3, -0.25) is 0 Å². The standard InChI is InChI=1S/C21H24N2O5/c1-3-21(2,12-16-4-6-17(7-5-16)13-22-25)28-20(24)27-15-19-10-8-18(9-11-19)14-23-26/h4-11H,3,12-15H2,1-2H3. The Morgan fingerprint density at radius 1 is 0.857 bits per heavy atom. The summed E-state index contributed by atoms with van der Waals surface area (Å²) in [6, 6.07) is 14.6. The van der Waals surface area contributed by atoms with Gasteiger partial charge in [0, 0.05) is 6.42 Å². The lowest BCUT2D eigenvalue weighted by Gasteiger charge is -2.28. The van der Waals surface area contributed by atoms with Crippen LogP contribution in [0.5, 0.6) is 0 Å². The Bertz CT molecular complexity index is 789. The van der Waals surface area contributed by atoms with Crippen molar-refractivity contribution in [3.8, 4) is 0 Å². The smallest absolute Gasteiger partial charge is 0.429 e. The van der Waals surface area contributed by atoms with E-state index in [1.54, 1.807) is 24.3 Å². The Kier molecular flexibility index (Phi) is 7.80. The predicted octanol–water partition coefficient (Wildman–Crippen LogP) is 5.28. The minimum atomic E-state index is -0.732. The van der Waals surface area contributed by atoms with Crippen molar-refractivity contribution >= 4 is 6.16 Å². The Hall–Kier alpha value is -3.09.